The van der Waals surface area contributed by atoms with Crippen LogP contribution in [0.1, 0.15) is 11.1 Å². The zero-order valence-corrected chi connectivity index (χ0v) is 13.1. The van der Waals surface area contributed by atoms with Gasteiger partial charge < -0.3 is 4.74 Å². The van der Waals surface area contributed by atoms with Crippen LogP contribution in [0.3, 0.4) is 0 Å². The van der Waals surface area contributed by atoms with Gasteiger partial charge in [0.05, 0.1) is 13.3 Å². The van der Waals surface area contributed by atoms with E-state index < -0.39 is 0 Å². The van der Waals surface area contributed by atoms with Crippen molar-refractivity contribution in [3.63, 3.8) is 0 Å². The molecule has 1 aliphatic heterocycles. The summed E-state index contributed by atoms with van der Waals surface area (Å²) in [5.74, 6) is 0.893. The van der Waals surface area contributed by atoms with E-state index in [4.69, 9.17) is 4.74 Å². The number of rotatable bonds is 3. The normalized spacial score (nSPS) is 15.0. The highest BCUT2D eigenvalue weighted by Crippen LogP contribution is 2.32. The Morgan fingerprint density at radius 1 is 1.32 bits per heavy atom. The van der Waals surface area contributed by atoms with Gasteiger partial charge in [-0.25, -0.2) is 9.29 Å². The van der Waals surface area contributed by atoms with E-state index in [0.29, 0.717) is 0 Å². The second-order valence-electron chi connectivity index (χ2n) is 5.28. The molecule has 1 aliphatic rings. The lowest BCUT2D eigenvalue weighted by Crippen LogP contribution is -2.24. The van der Waals surface area contributed by atoms with Gasteiger partial charge in [0.2, 0.25) is 0 Å². The molecule has 0 saturated heterocycles. The number of pyridine rings is 1. The van der Waals surface area contributed by atoms with Gasteiger partial charge in [-0.3, -0.25) is 5.10 Å². The van der Waals surface area contributed by atoms with E-state index in [1.165, 1.54) is 16.0 Å². The number of ether oxygens (including phenoxy) is 1. The summed E-state index contributed by atoms with van der Waals surface area (Å²) in [5, 5.41) is 8.19. The molecule has 6 heteroatoms. The van der Waals surface area contributed by atoms with Crippen LogP contribution in [0.2, 0.25) is 0 Å². The van der Waals surface area contributed by atoms with Gasteiger partial charge >= 0.3 is 0 Å². The molecule has 3 heterocycles. The van der Waals surface area contributed by atoms with Crippen molar-refractivity contribution < 1.29 is 4.74 Å². The molecule has 0 radical (unpaired) electrons. The van der Waals surface area contributed by atoms with Crippen LogP contribution in [-0.2, 0) is 13.0 Å². The van der Waals surface area contributed by atoms with Crippen molar-refractivity contribution in [2.45, 2.75) is 17.9 Å². The summed E-state index contributed by atoms with van der Waals surface area (Å²) in [6.07, 6.45) is 4.87. The van der Waals surface area contributed by atoms with Crippen LogP contribution in [0.15, 0.2) is 41.6 Å². The molecule has 0 aliphatic carbocycles. The predicted octanol–water partition coefficient (Wildman–Crippen LogP) is 3.03. The highest BCUT2D eigenvalue weighted by atomic mass is 32.2. The minimum absolute atomic E-state index is 0.882. The summed E-state index contributed by atoms with van der Waals surface area (Å²) in [6.45, 7) is 1.91. The molecule has 0 bridgehead atoms. The lowest BCUT2D eigenvalue weighted by Gasteiger charge is -2.27. The fourth-order valence-corrected chi connectivity index (χ4v) is 3.81. The number of hydrogen-bond acceptors (Lipinski definition) is 5. The van der Waals surface area contributed by atoms with Crippen molar-refractivity contribution in [3.8, 4) is 5.75 Å². The molecule has 112 valence electrons. The third-order valence-electron chi connectivity index (χ3n) is 3.92. The Kier molecular flexibility index (Phi) is 3.48. The van der Waals surface area contributed by atoms with Crippen molar-refractivity contribution in [2.24, 2.45) is 0 Å². The number of methoxy groups -OCH3 is 1. The maximum absolute atomic E-state index is 5.29. The fraction of sp³-hybridized carbons (Fsp3) is 0.250. The Bertz CT molecular complexity index is 817. The molecule has 0 atom stereocenters. The van der Waals surface area contributed by atoms with Crippen molar-refractivity contribution in [1.82, 2.24) is 19.5 Å². The number of nitrogens with zero attached hydrogens (tertiary/aromatic N) is 3. The Labute approximate surface area is 132 Å². The second kappa shape index (κ2) is 5.62. The van der Waals surface area contributed by atoms with Gasteiger partial charge in [0.1, 0.15) is 5.75 Å². The van der Waals surface area contributed by atoms with E-state index in [1.807, 2.05) is 24.5 Å². The number of aromatic nitrogens is 3. The van der Waals surface area contributed by atoms with E-state index in [9.17, 15) is 0 Å². The van der Waals surface area contributed by atoms with E-state index in [-0.39, 0.29) is 0 Å². The molecule has 2 aromatic heterocycles. The summed E-state index contributed by atoms with van der Waals surface area (Å²) in [4.78, 5) is 5.64. The van der Waals surface area contributed by atoms with Gasteiger partial charge in [0, 0.05) is 29.6 Å². The van der Waals surface area contributed by atoms with Crippen LogP contribution in [-0.4, -0.2) is 33.1 Å². The van der Waals surface area contributed by atoms with Crippen LogP contribution in [0.4, 0.5) is 0 Å². The van der Waals surface area contributed by atoms with Gasteiger partial charge in [-0.05, 0) is 47.7 Å². The van der Waals surface area contributed by atoms with Crippen LogP contribution in [0, 0.1) is 0 Å². The maximum atomic E-state index is 5.29. The topological polar surface area (TPSA) is 54.0 Å². The van der Waals surface area contributed by atoms with Crippen LogP contribution in [0.25, 0.3) is 11.0 Å². The van der Waals surface area contributed by atoms with Crippen LogP contribution >= 0.6 is 11.9 Å². The Morgan fingerprint density at radius 3 is 3.18 bits per heavy atom. The molecule has 22 heavy (non-hydrogen) atoms. The summed E-state index contributed by atoms with van der Waals surface area (Å²) >= 11 is 1.77. The van der Waals surface area contributed by atoms with Crippen molar-refractivity contribution >= 4 is 23.0 Å². The highest BCUT2D eigenvalue weighted by Gasteiger charge is 2.20. The number of fused-ring (bicyclic) bond motifs is 3. The molecule has 3 aromatic rings. The first kappa shape index (κ1) is 13.6. The van der Waals surface area contributed by atoms with Gasteiger partial charge in [-0.15, -0.1) is 0 Å². The van der Waals surface area contributed by atoms with E-state index >= 15 is 0 Å². The number of H-pyrrole nitrogens is 1. The van der Waals surface area contributed by atoms with Gasteiger partial charge in [-0.2, -0.15) is 5.10 Å². The molecule has 0 spiro atoms. The van der Waals surface area contributed by atoms with Crippen LogP contribution < -0.4 is 4.74 Å². The summed E-state index contributed by atoms with van der Waals surface area (Å²) in [6, 6.07) is 8.17. The molecule has 0 saturated carbocycles. The Hall–Kier alpha value is -2.05. The van der Waals surface area contributed by atoms with Crippen LogP contribution in [0.5, 0.6) is 5.75 Å². The average molecular weight is 312 g/mol. The van der Waals surface area contributed by atoms with Gasteiger partial charge in [0.15, 0.2) is 5.65 Å². The average Bonchev–Trinajstić information content (AvgIpc) is 3.04. The second-order valence-corrected chi connectivity index (χ2v) is 6.45. The SMILES string of the molecule is COc1cccc(SN2CCc3c(cnc4[nH]ncc34)C2)c1. The first-order valence-corrected chi connectivity index (χ1v) is 7.97. The number of aromatic amines is 1. The smallest absolute Gasteiger partial charge is 0.155 e. The van der Waals surface area contributed by atoms with Gasteiger partial charge in [0.25, 0.3) is 0 Å². The van der Waals surface area contributed by atoms with Gasteiger partial charge in [-0.1, -0.05) is 6.07 Å². The maximum Gasteiger partial charge on any atom is 0.155 e. The molecule has 0 amide bonds. The third-order valence-corrected chi connectivity index (χ3v) is 4.95. The lowest BCUT2D eigenvalue weighted by molar-refractivity contribution is 0.413. The highest BCUT2D eigenvalue weighted by molar-refractivity contribution is 7.97. The zero-order valence-electron chi connectivity index (χ0n) is 12.2. The molecule has 0 fully saturated rings. The van der Waals surface area contributed by atoms with E-state index in [2.05, 4.69) is 31.6 Å². The summed E-state index contributed by atoms with van der Waals surface area (Å²) in [5.41, 5.74) is 3.55. The Morgan fingerprint density at radius 2 is 2.27 bits per heavy atom. The molecule has 4 rings (SSSR count). The largest absolute Gasteiger partial charge is 0.497 e. The Balaban J connectivity index is 1.56. The van der Waals surface area contributed by atoms with Crippen molar-refractivity contribution in [3.05, 3.63) is 47.8 Å². The molecular formula is C16H16N4OS. The summed E-state index contributed by atoms with van der Waals surface area (Å²) < 4.78 is 7.65. The fourth-order valence-electron chi connectivity index (χ4n) is 2.81. The molecule has 1 aromatic carbocycles. The zero-order chi connectivity index (χ0) is 14.9. The van der Waals surface area contributed by atoms with E-state index in [0.717, 1.165) is 36.3 Å². The number of hydrogen-bond donors (Lipinski definition) is 1. The lowest BCUT2D eigenvalue weighted by atomic mass is 10.0. The predicted molar refractivity (Wildman–Crippen MR) is 86.9 cm³/mol. The monoisotopic (exact) mass is 312 g/mol. The standard InChI is InChI=1S/C16H16N4OS/c1-21-12-3-2-4-13(7-12)22-20-6-5-14-11(10-20)8-17-16-15(14)9-18-19-16/h2-4,7-9H,5-6,10H2,1H3,(H,17,18,19). The van der Waals surface area contributed by atoms with E-state index in [1.54, 1.807) is 19.1 Å². The third kappa shape index (κ3) is 2.44. The first-order valence-electron chi connectivity index (χ1n) is 7.20. The number of nitrogens with one attached hydrogen (secondary N) is 1. The molecule has 1 N–H and O–H groups in total. The summed E-state index contributed by atoms with van der Waals surface area (Å²) in [7, 11) is 1.70. The molecule has 0 unspecified atom stereocenters. The first-order chi connectivity index (χ1) is 10.8. The quantitative estimate of drug-likeness (QED) is 0.753. The minimum atomic E-state index is 0.882. The minimum Gasteiger partial charge on any atom is -0.497 e. The van der Waals surface area contributed by atoms with Crippen molar-refractivity contribution in [2.75, 3.05) is 13.7 Å². The molecule has 5 nitrogen and oxygen atoms in total. The number of benzene rings is 1. The van der Waals surface area contributed by atoms with Crippen molar-refractivity contribution in [1.29, 1.82) is 0 Å². The molecular weight excluding hydrogens is 296 g/mol.